The van der Waals surface area contributed by atoms with E-state index in [2.05, 4.69) is 49.2 Å². The summed E-state index contributed by atoms with van der Waals surface area (Å²) in [4.78, 5) is 15.7. The van der Waals surface area contributed by atoms with Gasteiger partial charge in [-0.15, -0.1) is 0 Å². The molecule has 0 amide bonds. The van der Waals surface area contributed by atoms with Crippen molar-refractivity contribution in [2.75, 3.05) is 0 Å². The number of carboxylic acids is 1. The fourth-order valence-electron chi connectivity index (χ4n) is 3.01. The number of imidazole rings is 1. The molecule has 4 aromatic rings. The summed E-state index contributed by atoms with van der Waals surface area (Å²) in [5.41, 5.74) is 7.71. The Balaban J connectivity index is 1.69. The van der Waals surface area contributed by atoms with Gasteiger partial charge in [0.05, 0.1) is 11.3 Å². The Hall–Kier alpha value is -3.40. The summed E-state index contributed by atoms with van der Waals surface area (Å²) in [6, 6.07) is 18.0. The second kappa shape index (κ2) is 6.15. The van der Waals surface area contributed by atoms with E-state index in [1.54, 1.807) is 22.7 Å². The van der Waals surface area contributed by atoms with Crippen LogP contribution < -0.4 is 0 Å². The van der Waals surface area contributed by atoms with E-state index >= 15 is 0 Å². The smallest absolute Gasteiger partial charge is 0.337 e. The fourth-order valence-corrected chi connectivity index (χ4v) is 3.01. The molecular formula is C22H18N2O2. The summed E-state index contributed by atoms with van der Waals surface area (Å²) in [5, 5.41) is 9.11. The van der Waals surface area contributed by atoms with Crippen LogP contribution in [0.1, 0.15) is 21.5 Å². The highest BCUT2D eigenvalue weighted by molar-refractivity contribution is 5.87. The number of hydrogen-bond donors (Lipinski definition) is 1. The Bertz CT molecular complexity index is 1120. The second-order valence-electron chi connectivity index (χ2n) is 6.49. The molecule has 0 radical (unpaired) electrons. The molecule has 0 aliphatic rings. The first-order valence-electron chi connectivity index (χ1n) is 8.41. The lowest BCUT2D eigenvalue weighted by molar-refractivity contribution is 0.0696. The van der Waals surface area contributed by atoms with Crippen LogP contribution in [0.4, 0.5) is 0 Å². The predicted octanol–water partition coefficient (Wildman–Crippen LogP) is 4.98. The molecular weight excluding hydrogens is 324 g/mol. The molecule has 0 spiro atoms. The maximum atomic E-state index is 11.1. The Kier molecular flexibility index (Phi) is 3.81. The third-order valence-electron chi connectivity index (χ3n) is 4.72. The number of aromatic nitrogens is 2. The molecule has 2 aromatic heterocycles. The first-order chi connectivity index (χ1) is 12.5. The number of rotatable bonds is 3. The van der Waals surface area contributed by atoms with Crippen LogP contribution in [0.15, 0.2) is 67.0 Å². The van der Waals surface area contributed by atoms with Crippen LogP contribution in [0.2, 0.25) is 0 Å². The zero-order valence-corrected chi connectivity index (χ0v) is 14.6. The van der Waals surface area contributed by atoms with Crippen molar-refractivity contribution in [2.45, 2.75) is 13.8 Å². The van der Waals surface area contributed by atoms with E-state index in [0.717, 1.165) is 22.5 Å². The minimum Gasteiger partial charge on any atom is -0.478 e. The predicted molar refractivity (Wildman–Crippen MR) is 102 cm³/mol. The third-order valence-corrected chi connectivity index (χ3v) is 4.72. The number of pyridine rings is 1. The van der Waals surface area contributed by atoms with Crippen LogP contribution in [0.25, 0.3) is 28.0 Å². The van der Waals surface area contributed by atoms with Gasteiger partial charge in [0.1, 0.15) is 5.65 Å². The Morgan fingerprint density at radius 2 is 1.54 bits per heavy atom. The minimum absolute atomic E-state index is 0.242. The highest BCUT2D eigenvalue weighted by Gasteiger charge is 2.08. The molecule has 4 rings (SSSR count). The molecule has 0 unspecified atom stereocenters. The number of carbonyl (C=O) groups is 1. The molecule has 128 valence electrons. The van der Waals surface area contributed by atoms with Crippen molar-refractivity contribution in [3.05, 3.63) is 83.7 Å². The summed E-state index contributed by atoms with van der Waals surface area (Å²) >= 11 is 0. The normalized spacial score (nSPS) is 11.0. The third kappa shape index (κ3) is 2.86. The summed E-state index contributed by atoms with van der Waals surface area (Å²) in [7, 11) is 0. The van der Waals surface area contributed by atoms with Gasteiger partial charge in [-0.25, -0.2) is 9.78 Å². The average molecular weight is 342 g/mol. The standard InChI is InChI=1S/C22H18N2O2/c1-14-3-4-18(11-15(14)2)16-5-7-17(8-6-16)20-13-24-12-19(22(25)26)9-10-21(24)23-20/h3-13H,1-2H3,(H,25,26). The van der Waals surface area contributed by atoms with E-state index < -0.39 is 5.97 Å². The molecule has 0 fully saturated rings. The quantitative estimate of drug-likeness (QED) is 0.571. The van der Waals surface area contributed by atoms with Crippen molar-refractivity contribution in [1.29, 1.82) is 0 Å². The van der Waals surface area contributed by atoms with Gasteiger partial charge in [0.25, 0.3) is 0 Å². The largest absolute Gasteiger partial charge is 0.478 e. The van der Waals surface area contributed by atoms with Crippen LogP contribution in [-0.4, -0.2) is 20.5 Å². The van der Waals surface area contributed by atoms with Crippen LogP contribution in [0.5, 0.6) is 0 Å². The summed E-state index contributed by atoms with van der Waals surface area (Å²) in [6.45, 7) is 4.23. The number of hydrogen-bond acceptors (Lipinski definition) is 2. The summed E-state index contributed by atoms with van der Waals surface area (Å²) in [6.07, 6.45) is 3.43. The monoisotopic (exact) mass is 342 g/mol. The number of benzene rings is 2. The van der Waals surface area contributed by atoms with E-state index in [1.165, 1.54) is 16.7 Å². The van der Waals surface area contributed by atoms with Crippen molar-refractivity contribution < 1.29 is 9.90 Å². The van der Waals surface area contributed by atoms with Crippen molar-refractivity contribution in [1.82, 2.24) is 9.38 Å². The molecule has 0 aliphatic carbocycles. The lowest BCUT2D eigenvalue weighted by Crippen LogP contribution is -1.97. The maximum Gasteiger partial charge on any atom is 0.337 e. The molecule has 0 aliphatic heterocycles. The van der Waals surface area contributed by atoms with Gasteiger partial charge in [-0.05, 0) is 48.2 Å². The molecule has 2 aromatic carbocycles. The number of aromatic carboxylic acids is 1. The van der Waals surface area contributed by atoms with E-state index in [0.29, 0.717) is 0 Å². The number of aryl methyl sites for hydroxylation is 2. The van der Waals surface area contributed by atoms with E-state index in [4.69, 9.17) is 5.11 Å². The highest BCUT2D eigenvalue weighted by atomic mass is 16.4. The molecule has 4 nitrogen and oxygen atoms in total. The number of fused-ring (bicyclic) bond motifs is 1. The molecule has 1 N–H and O–H groups in total. The first kappa shape index (κ1) is 16.1. The average Bonchev–Trinajstić information content (AvgIpc) is 3.07. The molecule has 26 heavy (non-hydrogen) atoms. The van der Waals surface area contributed by atoms with Gasteiger partial charge >= 0.3 is 5.97 Å². The topological polar surface area (TPSA) is 54.6 Å². The van der Waals surface area contributed by atoms with Gasteiger partial charge in [-0.2, -0.15) is 0 Å². The number of nitrogens with zero attached hydrogens (tertiary/aromatic N) is 2. The first-order valence-corrected chi connectivity index (χ1v) is 8.41. The minimum atomic E-state index is -0.945. The van der Waals surface area contributed by atoms with Gasteiger partial charge in [-0.1, -0.05) is 42.5 Å². The number of carboxylic acid groups (broad SMARTS) is 1. The van der Waals surface area contributed by atoms with Gasteiger partial charge in [-0.3, -0.25) is 0 Å². The Morgan fingerprint density at radius 3 is 2.23 bits per heavy atom. The van der Waals surface area contributed by atoms with E-state index in [1.807, 2.05) is 18.3 Å². The van der Waals surface area contributed by atoms with Crippen LogP contribution in [-0.2, 0) is 0 Å². The van der Waals surface area contributed by atoms with Crippen LogP contribution in [0, 0.1) is 13.8 Å². The lowest BCUT2D eigenvalue weighted by atomic mass is 9.99. The zero-order valence-electron chi connectivity index (χ0n) is 14.6. The van der Waals surface area contributed by atoms with Gasteiger partial charge in [0.2, 0.25) is 0 Å². The Morgan fingerprint density at radius 1 is 0.846 bits per heavy atom. The molecule has 0 bridgehead atoms. The summed E-state index contributed by atoms with van der Waals surface area (Å²) in [5.74, 6) is -0.945. The van der Waals surface area contributed by atoms with Gasteiger partial charge < -0.3 is 9.51 Å². The van der Waals surface area contributed by atoms with Crippen molar-refractivity contribution >= 4 is 11.6 Å². The SMILES string of the molecule is Cc1ccc(-c2ccc(-c3cn4cc(C(=O)O)ccc4n3)cc2)cc1C. The van der Waals surface area contributed by atoms with Crippen LogP contribution in [0.3, 0.4) is 0 Å². The van der Waals surface area contributed by atoms with Crippen molar-refractivity contribution in [3.63, 3.8) is 0 Å². The lowest BCUT2D eigenvalue weighted by Gasteiger charge is -2.06. The van der Waals surface area contributed by atoms with Crippen molar-refractivity contribution in [2.24, 2.45) is 0 Å². The molecule has 0 saturated carbocycles. The van der Waals surface area contributed by atoms with Crippen molar-refractivity contribution in [3.8, 4) is 22.4 Å². The van der Waals surface area contributed by atoms with Crippen LogP contribution >= 0.6 is 0 Å². The Labute approximate surface area is 151 Å². The van der Waals surface area contributed by atoms with Gasteiger partial charge in [0.15, 0.2) is 0 Å². The van der Waals surface area contributed by atoms with E-state index in [-0.39, 0.29) is 5.56 Å². The summed E-state index contributed by atoms with van der Waals surface area (Å²) < 4.78 is 1.75. The zero-order chi connectivity index (χ0) is 18.3. The molecule has 0 saturated heterocycles. The highest BCUT2D eigenvalue weighted by Crippen LogP contribution is 2.26. The maximum absolute atomic E-state index is 11.1. The molecule has 2 heterocycles. The fraction of sp³-hybridized carbons (Fsp3) is 0.0909. The van der Waals surface area contributed by atoms with E-state index in [9.17, 15) is 4.79 Å². The second-order valence-corrected chi connectivity index (χ2v) is 6.49. The molecule has 4 heteroatoms. The van der Waals surface area contributed by atoms with Gasteiger partial charge in [0, 0.05) is 18.0 Å². The molecule has 0 atom stereocenters.